The summed E-state index contributed by atoms with van der Waals surface area (Å²) >= 11 is 0. The summed E-state index contributed by atoms with van der Waals surface area (Å²) in [6.07, 6.45) is -4.49. The van der Waals surface area contributed by atoms with Gasteiger partial charge in [0, 0.05) is 6.07 Å². The van der Waals surface area contributed by atoms with Crippen molar-refractivity contribution in [3.05, 3.63) is 23.8 Å². The van der Waals surface area contributed by atoms with Gasteiger partial charge in [-0.25, -0.2) is 0 Å². The Kier molecular flexibility index (Phi) is 3.82. The van der Waals surface area contributed by atoms with Crippen LogP contribution < -0.4 is 10.1 Å². The van der Waals surface area contributed by atoms with Crippen LogP contribution in [0.2, 0.25) is 0 Å². The van der Waals surface area contributed by atoms with Crippen LogP contribution in [-0.2, 0) is 0 Å². The third kappa shape index (κ3) is 3.86. The van der Waals surface area contributed by atoms with E-state index >= 15 is 0 Å². The van der Waals surface area contributed by atoms with Gasteiger partial charge in [0.15, 0.2) is 0 Å². The molecule has 0 unspecified atom stereocenters. The van der Waals surface area contributed by atoms with Crippen molar-refractivity contribution >= 4 is 5.91 Å². The van der Waals surface area contributed by atoms with Gasteiger partial charge < -0.3 is 15.2 Å². The van der Waals surface area contributed by atoms with E-state index < -0.39 is 24.4 Å². The quantitative estimate of drug-likeness (QED) is 0.857. The smallest absolute Gasteiger partial charge is 0.405 e. The van der Waals surface area contributed by atoms with Crippen molar-refractivity contribution in [2.45, 2.75) is 6.18 Å². The molecule has 1 rings (SSSR count). The molecule has 17 heavy (non-hydrogen) atoms. The van der Waals surface area contributed by atoms with Crippen LogP contribution in [0, 0.1) is 0 Å². The highest BCUT2D eigenvalue weighted by atomic mass is 19.4. The van der Waals surface area contributed by atoms with Gasteiger partial charge in [-0.1, -0.05) is 0 Å². The summed E-state index contributed by atoms with van der Waals surface area (Å²) in [5.74, 6) is -1.14. The van der Waals surface area contributed by atoms with Crippen LogP contribution in [0.3, 0.4) is 0 Å². The Labute approximate surface area is 95.0 Å². The SMILES string of the molecule is COc1ccc(C(=O)NCC(F)(F)F)c(O)c1. The average molecular weight is 249 g/mol. The first-order valence-electron chi connectivity index (χ1n) is 4.55. The number of phenols is 1. The molecule has 1 aromatic rings. The van der Waals surface area contributed by atoms with Crippen molar-refractivity contribution in [1.29, 1.82) is 0 Å². The minimum atomic E-state index is -4.49. The monoisotopic (exact) mass is 249 g/mol. The Bertz CT molecular complexity index is 418. The van der Waals surface area contributed by atoms with Gasteiger partial charge >= 0.3 is 6.18 Å². The molecule has 0 atom stereocenters. The van der Waals surface area contributed by atoms with E-state index in [9.17, 15) is 23.1 Å². The molecule has 0 bridgehead atoms. The molecule has 0 fully saturated rings. The Morgan fingerprint density at radius 3 is 2.59 bits per heavy atom. The fourth-order valence-electron chi connectivity index (χ4n) is 1.11. The summed E-state index contributed by atoms with van der Waals surface area (Å²) in [5.41, 5.74) is -0.241. The fraction of sp³-hybridized carbons (Fsp3) is 0.300. The summed E-state index contributed by atoms with van der Waals surface area (Å²) < 4.78 is 40.3. The standard InChI is InChI=1S/C10H10F3NO3/c1-17-6-2-3-7(8(15)4-6)9(16)14-5-10(11,12)13/h2-4,15H,5H2,1H3,(H,14,16). The number of benzene rings is 1. The van der Waals surface area contributed by atoms with E-state index in [0.29, 0.717) is 5.75 Å². The van der Waals surface area contributed by atoms with Crippen molar-refractivity contribution in [2.24, 2.45) is 0 Å². The molecule has 0 aromatic heterocycles. The van der Waals surface area contributed by atoms with E-state index in [1.165, 1.54) is 19.2 Å². The van der Waals surface area contributed by atoms with Gasteiger partial charge in [-0.3, -0.25) is 4.79 Å². The minimum absolute atomic E-state index is 0.241. The predicted octanol–water partition coefficient (Wildman–Crippen LogP) is 1.69. The molecule has 0 aliphatic rings. The molecule has 4 nitrogen and oxygen atoms in total. The predicted molar refractivity (Wildman–Crippen MR) is 53.0 cm³/mol. The highest BCUT2D eigenvalue weighted by Gasteiger charge is 2.28. The zero-order chi connectivity index (χ0) is 13.1. The molecular formula is C10H10F3NO3. The maximum absolute atomic E-state index is 11.9. The number of amides is 1. The van der Waals surface area contributed by atoms with Crippen LogP contribution in [0.25, 0.3) is 0 Å². The Morgan fingerprint density at radius 1 is 1.47 bits per heavy atom. The molecule has 0 radical (unpaired) electrons. The van der Waals surface area contributed by atoms with E-state index in [1.54, 1.807) is 5.32 Å². The molecule has 94 valence electrons. The first-order chi connectivity index (χ1) is 7.83. The fourth-order valence-corrected chi connectivity index (χ4v) is 1.11. The number of hydrogen-bond donors (Lipinski definition) is 2. The van der Waals surface area contributed by atoms with Gasteiger partial charge in [0.1, 0.15) is 18.0 Å². The molecule has 0 saturated heterocycles. The first-order valence-corrected chi connectivity index (χ1v) is 4.55. The number of carbonyl (C=O) groups excluding carboxylic acids is 1. The van der Waals surface area contributed by atoms with Crippen LogP contribution in [-0.4, -0.2) is 30.8 Å². The van der Waals surface area contributed by atoms with Crippen LogP contribution in [0.5, 0.6) is 11.5 Å². The number of aromatic hydroxyl groups is 1. The van der Waals surface area contributed by atoms with E-state index in [0.717, 1.165) is 6.07 Å². The lowest BCUT2D eigenvalue weighted by atomic mass is 10.2. The van der Waals surface area contributed by atoms with E-state index in [-0.39, 0.29) is 5.56 Å². The summed E-state index contributed by atoms with van der Waals surface area (Å²) in [5, 5.41) is 11.1. The van der Waals surface area contributed by atoms with Crippen molar-refractivity contribution in [3.63, 3.8) is 0 Å². The number of carbonyl (C=O) groups is 1. The summed E-state index contributed by atoms with van der Waals surface area (Å²) in [4.78, 5) is 11.3. The van der Waals surface area contributed by atoms with Gasteiger partial charge in [0.05, 0.1) is 12.7 Å². The number of methoxy groups -OCH3 is 1. The Balaban J connectivity index is 2.76. The van der Waals surface area contributed by atoms with Crippen molar-refractivity contribution in [1.82, 2.24) is 5.32 Å². The number of nitrogens with one attached hydrogen (secondary N) is 1. The zero-order valence-electron chi connectivity index (χ0n) is 8.84. The Morgan fingerprint density at radius 2 is 2.12 bits per heavy atom. The second kappa shape index (κ2) is 4.94. The third-order valence-electron chi connectivity index (χ3n) is 1.90. The van der Waals surface area contributed by atoms with E-state index in [1.807, 2.05) is 0 Å². The normalized spacial score (nSPS) is 11.1. The molecule has 0 aliphatic carbocycles. The van der Waals surface area contributed by atoms with Crippen LogP contribution >= 0.6 is 0 Å². The number of rotatable bonds is 3. The second-order valence-electron chi connectivity index (χ2n) is 3.18. The van der Waals surface area contributed by atoms with Crippen molar-refractivity contribution in [3.8, 4) is 11.5 Å². The van der Waals surface area contributed by atoms with Gasteiger partial charge in [0.2, 0.25) is 0 Å². The maximum Gasteiger partial charge on any atom is 0.405 e. The number of halogens is 3. The van der Waals surface area contributed by atoms with Crippen LogP contribution in [0.1, 0.15) is 10.4 Å². The zero-order valence-corrected chi connectivity index (χ0v) is 8.84. The van der Waals surface area contributed by atoms with Gasteiger partial charge in [-0.15, -0.1) is 0 Å². The number of hydrogen-bond acceptors (Lipinski definition) is 3. The topological polar surface area (TPSA) is 58.6 Å². The molecule has 1 aromatic carbocycles. The lowest BCUT2D eigenvalue weighted by molar-refractivity contribution is -0.123. The number of phenolic OH excluding ortho intramolecular Hbond substituents is 1. The highest BCUT2D eigenvalue weighted by molar-refractivity contribution is 5.97. The van der Waals surface area contributed by atoms with Crippen molar-refractivity contribution < 1.29 is 27.8 Å². The molecule has 0 aliphatic heterocycles. The first kappa shape index (κ1) is 13.1. The van der Waals surface area contributed by atoms with Gasteiger partial charge in [-0.05, 0) is 12.1 Å². The molecule has 0 saturated carbocycles. The van der Waals surface area contributed by atoms with Crippen molar-refractivity contribution in [2.75, 3.05) is 13.7 Å². The lowest BCUT2D eigenvalue weighted by Gasteiger charge is -2.09. The molecule has 7 heteroatoms. The molecule has 0 spiro atoms. The summed E-state index contributed by atoms with van der Waals surface area (Å²) in [6, 6.07) is 3.69. The minimum Gasteiger partial charge on any atom is -0.507 e. The van der Waals surface area contributed by atoms with E-state index in [4.69, 9.17) is 4.74 Å². The maximum atomic E-state index is 11.9. The van der Waals surface area contributed by atoms with Crippen LogP contribution in [0.4, 0.5) is 13.2 Å². The largest absolute Gasteiger partial charge is 0.507 e. The molecule has 2 N–H and O–H groups in total. The number of ether oxygens (including phenoxy) is 1. The van der Waals surface area contributed by atoms with E-state index in [2.05, 4.69) is 0 Å². The second-order valence-corrected chi connectivity index (χ2v) is 3.18. The Hall–Kier alpha value is -1.92. The molecule has 1 amide bonds. The summed E-state index contributed by atoms with van der Waals surface area (Å²) in [6.45, 7) is -1.45. The van der Waals surface area contributed by atoms with Gasteiger partial charge in [0.25, 0.3) is 5.91 Å². The highest BCUT2D eigenvalue weighted by Crippen LogP contribution is 2.23. The lowest BCUT2D eigenvalue weighted by Crippen LogP contribution is -2.33. The molecular weight excluding hydrogens is 239 g/mol. The third-order valence-corrected chi connectivity index (χ3v) is 1.90. The summed E-state index contributed by atoms with van der Waals surface area (Å²) in [7, 11) is 1.36. The average Bonchev–Trinajstić information content (AvgIpc) is 2.24. The van der Waals surface area contributed by atoms with Crippen LogP contribution in [0.15, 0.2) is 18.2 Å². The van der Waals surface area contributed by atoms with Gasteiger partial charge in [-0.2, -0.15) is 13.2 Å². The number of alkyl halides is 3. The molecule has 0 heterocycles.